The van der Waals surface area contributed by atoms with Gasteiger partial charge in [0.25, 0.3) is 0 Å². The lowest BCUT2D eigenvalue weighted by atomic mass is 9.75. The molecule has 35 heavy (non-hydrogen) atoms. The van der Waals surface area contributed by atoms with Crippen LogP contribution in [0.4, 0.5) is 0 Å². The van der Waals surface area contributed by atoms with E-state index in [1.165, 1.54) is 32.1 Å². The topological polar surface area (TPSA) is 102 Å². The van der Waals surface area contributed by atoms with Crippen LogP contribution in [0.25, 0.3) is 0 Å². The maximum atomic E-state index is 12.8. The number of ketones is 1. The molecule has 0 aromatic rings. The van der Waals surface area contributed by atoms with Crippen LogP contribution in [-0.4, -0.2) is 41.3 Å². The van der Waals surface area contributed by atoms with Gasteiger partial charge in [0.1, 0.15) is 17.9 Å². The Bertz CT molecular complexity index is 744. The molecule has 1 fully saturated rings. The van der Waals surface area contributed by atoms with E-state index in [9.17, 15) is 14.7 Å². The van der Waals surface area contributed by atoms with Crippen molar-refractivity contribution in [2.45, 2.75) is 136 Å². The van der Waals surface area contributed by atoms with Crippen molar-refractivity contribution in [1.82, 2.24) is 0 Å². The second-order valence-corrected chi connectivity index (χ2v) is 11.9. The molecule has 0 bridgehead atoms. The minimum atomic E-state index is -0.599. The maximum absolute atomic E-state index is 12.8. The monoisotopic (exact) mass is 490 g/mol. The average Bonchev–Trinajstić information content (AvgIpc) is 2.75. The number of aliphatic hydroxyl groups excluding tert-OH is 1. The molecule has 0 aromatic heterocycles. The molecule has 200 valence electrons. The van der Waals surface area contributed by atoms with Gasteiger partial charge in [0.2, 0.25) is 0 Å². The standard InChI is InChI=1S/C29H50N2O4/c1-21(2)18-24(27-25(32)19-29(3,4)20-26(27)33)31-17-13-12-16-23(30)28(34)35-22-14-10-8-6-5-7-9-11-15-22/h21-23,32H,5-20,30H2,1-4H3/t23-/m0/s1. The van der Waals surface area contributed by atoms with E-state index in [0.29, 0.717) is 43.7 Å². The molecule has 0 amide bonds. The molecule has 6 heteroatoms. The van der Waals surface area contributed by atoms with Crippen LogP contribution in [0.1, 0.15) is 124 Å². The third-order valence-corrected chi connectivity index (χ3v) is 7.11. The van der Waals surface area contributed by atoms with Crippen LogP contribution < -0.4 is 5.73 Å². The minimum absolute atomic E-state index is 0.00815. The van der Waals surface area contributed by atoms with E-state index >= 15 is 0 Å². The number of hydrogen-bond donors (Lipinski definition) is 2. The van der Waals surface area contributed by atoms with Crippen LogP contribution >= 0.6 is 0 Å². The van der Waals surface area contributed by atoms with E-state index in [1.54, 1.807) is 0 Å². The van der Waals surface area contributed by atoms with Gasteiger partial charge in [-0.2, -0.15) is 0 Å². The molecule has 0 spiro atoms. The summed E-state index contributed by atoms with van der Waals surface area (Å²) in [7, 11) is 0. The Morgan fingerprint density at radius 1 is 1.06 bits per heavy atom. The molecule has 0 heterocycles. The van der Waals surface area contributed by atoms with Gasteiger partial charge in [-0.25, -0.2) is 0 Å². The van der Waals surface area contributed by atoms with Crippen LogP contribution in [0.5, 0.6) is 0 Å². The lowest BCUT2D eigenvalue weighted by Gasteiger charge is -2.30. The third kappa shape index (κ3) is 10.8. The van der Waals surface area contributed by atoms with Crippen molar-refractivity contribution < 1.29 is 19.4 Å². The van der Waals surface area contributed by atoms with Gasteiger partial charge in [0, 0.05) is 25.1 Å². The average molecular weight is 491 g/mol. The number of aliphatic imine (C=N–C) groups is 1. The molecule has 0 radical (unpaired) electrons. The molecule has 0 saturated heterocycles. The fourth-order valence-electron chi connectivity index (χ4n) is 5.20. The summed E-state index contributed by atoms with van der Waals surface area (Å²) in [6.07, 6.45) is 14.2. The molecule has 2 aliphatic carbocycles. The van der Waals surface area contributed by atoms with Gasteiger partial charge in [0.05, 0.1) is 5.57 Å². The van der Waals surface area contributed by atoms with Crippen LogP contribution in [-0.2, 0) is 14.3 Å². The van der Waals surface area contributed by atoms with Gasteiger partial charge in [-0.3, -0.25) is 14.6 Å². The van der Waals surface area contributed by atoms with Gasteiger partial charge in [-0.15, -0.1) is 0 Å². The lowest BCUT2D eigenvalue weighted by Crippen LogP contribution is -2.35. The van der Waals surface area contributed by atoms with Crippen LogP contribution in [0.15, 0.2) is 16.3 Å². The van der Waals surface area contributed by atoms with E-state index in [2.05, 4.69) is 13.8 Å². The third-order valence-electron chi connectivity index (χ3n) is 7.11. The van der Waals surface area contributed by atoms with Crippen LogP contribution in [0, 0.1) is 11.3 Å². The van der Waals surface area contributed by atoms with E-state index in [-0.39, 0.29) is 29.0 Å². The normalized spacial score (nSPS) is 21.8. The number of allylic oxidation sites excluding steroid dienone is 2. The molecule has 3 N–H and O–H groups in total. The number of Topliss-reactive ketones (excluding diaryl/α,β-unsaturated/α-hetero) is 1. The number of rotatable bonds is 10. The number of nitrogens with two attached hydrogens (primary N) is 1. The zero-order valence-electron chi connectivity index (χ0n) is 22.7. The summed E-state index contributed by atoms with van der Waals surface area (Å²) in [5.41, 5.74) is 7.09. The van der Waals surface area contributed by atoms with Gasteiger partial charge >= 0.3 is 5.97 Å². The number of carbonyl (C=O) groups is 2. The molecule has 6 nitrogen and oxygen atoms in total. The predicted molar refractivity (Wildman–Crippen MR) is 143 cm³/mol. The molecule has 2 rings (SSSR count). The van der Waals surface area contributed by atoms with Crippen LogP contribution in [0.2, 0.25) is 0 Å². The molecule has 1 saturated carbocycles. The number of aliphatic hydroxyl groups is 1. The summed E-state index contributed by atoms with van der Waals surface area (Å²) in [5, 5.41) is 10.6. The lowest BCUT2D eigenvalue weighted by molar-refractivity contribution is -0.151. The van der Waals surface area contributed by atoms with Crippen molar-refractivity contribution in [3.8, 4) is 0 Å². The highest BCUT2D eigenvalue weighted by atomic mass is 16.5. The van der Waals surface area contributed by atoms with Crippen LogP contribution in [0.3, 0.4) is 0 Å². The first-order chi connectivity index (χ1) is 16.6. The largest absolute Gasteiger partial charge is 0.511 e. The number of hydrogen-bond acceptors (Lipinski definition) is 6. The Labute approximate surface area is 213 Å². The van der Waals surface area contributed by atoms with Crippen molar-refractivity contribution in [1.29, 1.82) is 0 Å². The molecular formula is C29H50N2O4. The molecule has 2 aliphatic rings. The number of esters is 1. The second-order valence-electron chi connectivity index (χ2n) is 11.9. The summed E-state index contributed by atoms with van der Waals surface area (Å²) >= 11 is 0. The minimum Gasteiger partial charge on any atom is -0.511 e. The number of unbranched alkanes of at least 4 members (excludes halogenated alkanes) is 1. The van der Waals surface area contributed by atoms with E-state index in [0.717, 1.165) is 44.2 Å². The summed E-state index contributed by atoms with van der Waals surface area (Å²) in [6, 6.07) is -0.599. The predicted octanol–water partition coefficient (Wildman–Crippen LogP) is 6.61. The van der Waals surface area contributed by atoms with E-state index in [1.807, 2.05) is 13.8 Å². The van der Waals surface area contributed by atoms with Crippen molar-refractivity contribution in [3.05, 3.63) is 11.3 Å². The SMILES string of the molecule is CC(C)CC(=NCCCC[C@H](N)C(=O)OC1CCCCCCCCC1)C1=C(O)CC(C)(C)CC1=O. The summed E-state index contributed by atoms with van der Waals surface area (Å²) in [6.45, 7) is 8.75. The van der Waals surface area contributed by atoms with Crippen molar-refractivity contribution in [2.24, 2.45) is 22.1 Å². The van der Waals surface area contributed by atoms with Crippen molar-refractivity contribution >= 4 is 17.5 Å². The Morgan fingerprint density at radius 3 is 2.23 bits per heavy atom. The highest BCUT2D eigenvalue weighted by Gasteiger charge is 2.35. The number of nitrogens with zero attached hydrogens (tertiary/aromatic N) is 1. The maximum Gasteiger partial charge on any atom is 0.323 e. The van der Waals surface area contributed by atoms with E-state index in [4.69, 9.17) is 15.5 Å². The molecule has 0 unspecified atom stereocenters. The quantitative estimate of drug-likeness (QED) is 0.204. The van der Waals surface area contributed by atoms with Gasteiger partial charge in [-0.1, -0.05) is 59.8 Å². The van der Waals surface area contributed by atoms with E-state index < -0.39 is 6.04 Å². The Hall–Kier alpha value is -1.69. The van der Waals surface area contributed by atoms with Gasteiger partial charge < -0.3 is 15.6 Å². The fraction of sp³-hybridized carbons (Fsp3) is 0.828. The molecule has 1 atom stereocenters. The first-order valence-electron chi connectivity index (χ1n) is 14.0. The fourth-order valence-corrected chi connectivity index (χ4v) is 5.20. The summed E-state index contributed by atoms with van der Waals surface area (Å²) in [4.78, 5) is 30.0. The highest BCUT2D eigenvalue weighted by molar-refractivity contribution is 6.23. The van der Waals surface area contributed by atoms with Gasteiger partial charge in [0.15, 0.2) is 5.78 Å². The smallest absolute Gasteiger partial charge is 0.323 e. The molecule has 0 aliphatic heterocycles. The number of ether oxygens (including phenoxy) is 1. The summed E-state index contributed by atoms with van der Waals surface area (Å²) < 4.78 is 5.78. The second kappa shape index (κ2) is 14.8. The Kier molecular flexibility index (Phi) is 12.5. The Morgan fingerprint density at radius 2 is 1.66 bits per heavy atom. The number of carbonyl (C=O) groups excluding carboxylic acids is 2. The van der Waals surface area contributed by atoms with Crippen molar-refractivity contribution in [3.63, 3.8) is 0 Å². The first kappa shape index (κ1) is 29.5. The molecule has 0 aromatic carbocycles. The van der Waals surface area contributed by atoms with Crippen molar-refractivity contribution in [2.75, 3.05) is 6.54 Å². The zero-order valence-corrected chi connectivity index (χ0v) is 22.7. The summed E-state index contributed by atoms with van der Waals surface area (Å²) in [5.74, 6) is 0.225. The highest BCUT2D eigenvalue weighted by Crippen LogP contribution is 2.36. The Balaban J connectivity index is 1.83. The first-order valence-corrected chi connectivity index (χ1v) is 14.0. The van der Waals surface area contributed by atoms with Gasteiger partial charge in [-0.05, 0) is 62.7 Å². The zero-order chi connectivity index (χ0) is 25.8. The molecular weight excluding hydrogens is 440 g/mol.